The molecular weight excluding hydrogens is 272 g/mol. The van der Waals surface area contributed by atoms with Crippen molar-refractivity contribution >= 4 is 29.3 Å². The van der Waals surface area contributed by atoms with E-state index in [0.29, 0.717) is 10.7 Å². The van der Waals surface area contributed by atoms with E-state index in [-0.39, 0.29) is 13.0 Å². The molecule has 1 saturated heterocycles. The van der Waals surface area contributed by atoms with Gasteiger partial charge in [-0.05, 0) is 12.1 Å². The topological polar surface area (TPSA) is 89.9 Å². The second-order valence-corrected chi connectivity index (χ2v) is 4.71. The fourth-order valence-corrected chi connectivity index (χ4v) is 2.20. The van der Waals surface area contributed by atoms with Crippen molar-refractivity contribution < 1.29 is 19.8 Å². The molecule has 0 aliphatic carbocycles. The van der Waals surface area contributed by atoms with E-state index in [1.807, 2.05) is 0 Å². The molecule has 2 amide bonds. The molecule has 1 aliphatic rings. The highest BCUT2D eigenvalue weighted by Crippen LogP contribution is 2.23. The number of rotatable bonds is 2. The van der Waals surface area contributed by atoms with Gasteiger partial charge in [0, 0.05) is 13.0 Å². The Morgan fingerprint density at radius 1 is 1.37 bits per heavy atom. The summed E-state index contributed by atoms with van der Waals surface area (Å²) < 4.78 is 0. The van der Waals surface area contributed by atoms with E-state index in [0.717, 1.165) is 4.90 Å². The summed E-state index contributed by atoms with van der Waals surface area (Å²) in [4.78, 5) is 24.1. The number of hydrogen-bond donors (Lipinski definition) is 3. The highest BCUT2D eigenvalue weighted by molar-refractivity contribution is 6.33. The van der Waals surface area contributed by atoms with Crippen molar-refractivity contribution in [3.63, 3.8) is 0 Å². The van der Waals surface area contributed by atoms with Gasteiger partial charge in [0.05, 0.1) is 16.8 Å². The van der Waals surface area contributed by atoms with Gasteiger partial charge in [-0.3, -0.25) is 0 Å². The third kappa shape index (κ3) is 2.97. The average molecular weight is 285 g/mol. The molecule has 7 heteroatoms. The first-order chi connectivity index (χ1) is 8.99. The van der Waals surface area contributed by atoms with Crippen molar-refractivity contribution in [1.82, 2.24) is 4.90 Å². The number of aliphatic carboxylic acids is 1. The van der Waals surface area contributed by atoms with Crippen molar-refractivity contribution in [2.24, 2.45) is 0 Å². The Hall–Kier alpha value is -1.79. The fourth-order valence-electron chi connectivity index (χ4n) is 2.02. The molecule has 1 aromatic carbocycles. The SMILES string of the molecule is O=C(O)C1CC(O)CN1C(=O)Nc1ccccc1Cl. The number of likely N-dealkylation sites (tertiary alicyclic amines) is 1. The van der Waals surface area contributed by atoms with Gasteiger partial charge >= 0.3 is 12.0 Å². The third-order valence-electron chi connectivity index (χ3n) is 2.94. The zero-order valence-corrected chi connectivity index (χ0v) is 10.7. The van der Waals surface area contributed by atoms with Crippen LogP contribution in [0, 0.1) is 0 Å². The molecule has 102 valence electrons. The number of urea groups is 1. The Bertz CT molecular complexity index is 508. The molecule has 19 heavy (non-hydrogen) atoms. The number of carboxylic acids is 1. The standard InChI is InChI=1S/C12H13ClN2O4/c13-8-3-1-2-4-9(8)14-12(19)15-6-7(16)5-10(15)11(17)18/h1-4,7,10,16H,5-6H2,(H,14,19)(H,17,18). The van der Waals surface area contributed by atoms with Gasteiger partial charge < -0.3 is 20.4 Å². The van der Waals surface area contributed by atoms with E-state index in [1.165, 1.54) is 0 Å². The van der Waals surface area contributed by atoms with Crippen LogP contribution in [0.5, 0.6) is 0 Å². The number of amides is 2. The lowest BCUT2D eigenvalue weighted by Gasteiger charge is -2.21. The molecule has 2 atom stereocenters. The number of nitrogens with zero attached hydrogens (tertiary/aromatic N) is 1. The second-order valence-electron chi connectivity index (χ2n) is 4.31. The van der Waals surface area contributed by atoms with Crippen molar-refractivity contribution in [3.8, 4) is 0 Å². The predicted molar refractivity (Wildman–Crippen MR) is 69.2 cm³/mol. The number of para-hydroxylation sites is 1. The van der Waals surface area contributed by atoms with E-state index >= 15 is 0 Å². The summed E-state index contributed by atoms with van der Waals surface area (Å²) in [5, 5.41) is 21.4. The number of hydrogen-bond acceptors (Lipinski definition) is 3. The van der Waals surface area contributed by atoms with Gasteiger partial charge in [-0.1, -0.05) is 23.7 Å². The molecule has 2 rings (SSSR count). The Balaban J connectivity index is 2.11. The van der Waals surface area contributed by atoms with Crippen molar-refractivity contribution in [2.75, 3.05) is 11.9 Å². The van der Waals surface area contributed by atoms with Crippen LogP contribution in [0.3, 0.4) is 0 Å². The van der Waals surface area contributed by atoms with Gasteiger partial charge in [-0.15, -0.1) is 0 Å². The van der Waals surface area contributed by atoms with Crippen molar-refractivity contribution in [1.29, 1.82) is 0 Å². The van der Waals surface area contributed by atoms with Gasteiger partial charge in [-0.25, -0.2) is 9.59 Å². The lowest BCUT2D eigenvalue weighted by molar-refractivity contribution is -0.141. The van der Waals surface area contributed by atoms with Gasteiger partial charge in [0.1, 0.15) is 6.04 Å². The molecule has 2 unspecified atom stereocenters. The molecule has 1 heterocycles. The van der Waals surface area contributed by atoms with Crippen LogP contribution in [-0.2, 0) is 4.79 Å². The van der Waals surface area contributed by atoms with Crippen LogP contribution in [0.4, 0.5) is 10.5 Å². The number of halogens is 1. The van der Waals surface area contributed by atoms with Gasteiger partial charge in [-0.2, -0.15) is 0 Å². The minimum Gasteiger partial charge on any atom is -0.480 e. The number of benzene rings is 1. The smallest absolute Gasteiger partial charge is 0.326 e. The molecular formula is C12H13ClN2O4. The first kappa shape index (κ1) is 13.6. The van der Waals surface area contributed by atoms with Crippen LogP contribution in [0.1, 0.15) is 6.42 Å². The minimum absolute atomic E-state index is 0.00669. The van der Waals surface area contributed by atoms with Gasteiger partial charge in [0.15, 0.2) is 0 Å². The molecule has 0 aromatic heterocycles. The lowest BCUT2D eigenvalue weighted by Crippen LogP contribution is -2.43. The molecule has 0 bridgehead atoms. The zero-order valence-electron chi connectivity index (χ0n) is 9.91. The number of carbonyl (C=O) groups excluding carboxylic acids is 1. The summed E-state index contributed by atoms with van der Waals surface area (Å²) >= 11 is 5.90. The van der Waals surface area contributed by atoms with Gasteiger partial charge in [0.25, 0.3) is 0 Å². The lowest BCUT2D eigenvalue weighted by atomic mass is 10.2. The molecule has 1 fully saturated rings. The number of nitrogens with one attached hydrogen (secondary N) is 1. The number of carbonyl (C=O) groups is 2. The monoisotopic (exact) mass is 284 g/mol. The quantitative estimate of drug-likeness (QED) is 0.765. The predicted octanol–water partition coefficient (Wildman–Crippen LogP) is 1.39. The Morgan fingerprint density at radius 3 is 2.68 bits per heavy atom. The molecule has 3 N–H and O–H groups in total. The van der Waals surface area contributed by atoms with Crippen molar-refractivity contribution in [3.05, 3.63) is 29.3 Å². The maximum Gasteiger partial charge on any atom is 0.326 e. The van der Waals surface area contributed by atoms with Crippen molar-refractivity contribution in [2.45, 2.75) is 18.6 Å². The summed E-state index contributed by atoms with van der Waals surface area (Å²) in [5.74, 6) is -1.13. The maximum absolute atomic E-state index is 12.0. The first-order valence-corrected chi connectivity index (χ1v) is 6.10. The number of carboxylic acid groups (broad SMARTS) is 1. The molecule has 1 aliphatic heterocycles. The fraction of sp³-hybridized carbons (Fsp3) is 0.333. The molecule has 1 aromatic rings. The second kappa shape index (κ2) is 5.46. The third-order valence-corrected chi connectivity index (χ3v) is 3.27. The summed E-state index contributed by atoms with van der Waals surface area (Å²) in [5.41, 5.74) is 0.402. The van der Waals surface area contributed by atoms with E-state index < -0.39 is 24.1 Å². The highest BCUT2D eigenvalue weighted by atomic mass is 35.5. The Labute approximate surface area is 114 Å². The molecule has 0 radical (unpaired) electrons. The van der Waals surface area contributed by atoms with Gasteiger partial charge in [0.2, 0.25) is 0 Å². The Kier molecular flexibility index (Phi) is 3.92. The number of β-amino-alcohol motifs (C(OH)–C–C–N with tert-alkyl or cyclic N) is 1. The van der Waals surface area contributed by atoms with Crippen LogP contribution in [0.15, 0.2) is 24.3 Å². The number of aliphatic hydroxyl groups is 1. The molecule has 0 saturated carbocycles. The summed E-state index contributed by atoms with van der Waals surface area (Å²) in [6, 6.07) is 5.05. The summed E-state index contributed by atoms with van der Waals surface area (Å²) in [6.45, 7) is -0.00669. The van der Waals surface area contributed by atoms with E-state index in [4.69, 9.17) is 16.7 Å². The Morgan fingerprint density at radius 2 is 2.05 bits per heavy atom. The normalized spacial score (nSPS) is 22.3. The number of anilines is 1. The van der Waals surface area contributed by atoms with Crippen LogP contribution >= 0.6 is 11.6 Å². The first-order valence-electron chi connectivity index (χ1n) is 5.72. The zero-order chi connectivity index (χ0) is 14.0. The van der Waals surface area contributed by atoms with Crippen LogP contribution < -0.4 is 5.32 Å². The van der Waals surface area contributed by atoms with E-state index in [2.05, 4.69) is 5.32 Å². The molecule has 0 spiro atoms. The number of aliphatic hydroxyl groups excluding tert-OH is 1. The molecule has 6 nitrogen and oxygen atoms in total. The average Bonchev–Trinajstić information content (AvgIpc) is 2.74. The summed E-state index contributed by atoms with van der Waals surface area (Å²) in [6.07, 6.45) is -0.788. The van der Waals surface area contributed by atoms with E-state index in [1.54, 1.807) is 24.3 Å². The maximum atomic E-state index is 12.0. The highest BCUT2D eigenvalue weighted by Gasteiger charge is 2.39. The minimum atomic E-state index is -1.13. The summed E-state index contributed by atoms with van der Waals surface area (Å²) in [7, 11) is 0. The van der Waals surface area contributed by atoms with Crippen LogP contribution in [-0.4, -0.2) is 45.8 Å². The van der Waals surface area contributed by atoms with Crippen LogP contribution in [0.2, 0.25) is 5.02 Å². The largest absolute Gasteiger partial charge is 0.480 e. The van der Waals surface area contributed by atoms with E-state index in [9.17, 15) is 14.7 Å². The van der Waals surface area contributed by atoms with Crippen LogP contribution in [0.25, 0.3) is 0 Å².